The Morgan fingerprint density at radius 1 is 1.11 bits per heavy atom. The summed E-state index contributed by atoms with van der Waals surface area (Å²) in [5.74, 6) is 0.698. The van der Waals surface area contributed by atoms with Crippen molar-refractivity contribution in [2.45, 2.75) is 26.3 Å². The molecular formula is C21H19NO2S3. The van der Waals surface area contributed by atoms with Gasteiger partial charge in [-0.1, -0.05) is 50.6 Å². The second-order valence-electron chi connectivity index (χ2n) is 7.11. The first-order chi connectivity index (χ1) is 12.8. The van der Waals surface area contributed by atoms with Crippen LogP contribution in [0.1, 0.15) is 34.6 Å². The second kappa shape index (κ2) is 6.55. The normalized spacial score (nSPS) is 14.4. The summed E-state index contributed by atoms with van der Waals surface area (Å²) in [4.78, 5) is 16.6. The van der Waals surface area contributed by atoms with Gasteiger partial charge in [0.1, 0.15) is 9.57 Å². The summed E-state index contributed by atoms with van der Waals surface area (Å²) >= 11 is 5.62. The van der Waals surface area contributed by atoms with Crippen LogP contribution in [0.3, 0.4) is 0 Å². The van der Waals surface area contributed by atoms with E-state index in [-0.39, 0.29) is 5.91 Å². The molecule has 27 heavy (non-hydrogen) atoms. The Morgan fingerprint density at radius 3 is 2.48 bits per heavy atom. The average molecular weight is 414 g/mol. The molecule has 1 aliphatic rings. The molecule has 138 valence electrons. The van der Waals surface area contributed by atoms with Gasteiger partial charge in [-0.05, 0) is 45.0 Å². The maximum atomic E-state index is 13.6. The summed E-state index contributed by atoms with van der Waals surface area (Å²) in [6.07, 6.45) is 0. The molecule has 0 N–H and O–H groups in total. The maximum Gasteiger partial charge on any atom is 0.259 e. The Kier molecular flexibility index (Phi) is 4.45. The predicted octanol–water partition coefficient (Wildman–Crippen LogP) is 6.42. The number of amides is 1. The van der Waals surface area contributed by atoms with Gasteiger partial charge in [-0.25, -0.2) is 0 Å². The summed E-state index contributed by atoms with van der Waals surface area (Å²) in [7, 11) is 4.90. The lowest BCUT2D eigenvalue weighted by Gasteiger charge is -2.43. The van der Waals surface area contributed by atoms with Crippen LogP contribution in [0.15, 0.2) is 42.5 Å². The van der Waals surface area contributed by atoms with E-state index < -0.39 is 5.54 Å². The number of hydrogen-bond acceptors (Lipinski definition) is 5. The fourth-order valence-corrected chi connectivity index (χ4v) is 6.80. The van der Waals surface area contributed by atoms with Crippen LogP contribution < -0.4 is 9.64 Å². The minimum absolute atomic E-state index is 0.0236. The van der Waals surface area contributed by atoms with Gasteiger partial charge in [-0.2, -0.15) is 0 Å². The van der Waals surface area contributed by atoms with Crippen LogP contribution in [0.4, 0.5) is 5.69 Å². The number of rotatable bonds is 2. The van der Waals surface area contributed by atoms with Crippen LogP contribution >= 0.6 is 32.9 Å². The Labute approximate surface area is 171 Å². The van der Waals surface area contributed by atoms with E-state index in [1.54, 1.807) is 27.8 Å². The van der Waals surface area contributed by atoms with E-state index in [1.165, 1.54) is 0 Å². The van der Waals surface area contributed by atoms with Crippen LogP contribution in [0.5, 0.6) is 5.75 Å². The van der Waals surface area contributed by atoms with E-state index in [2.05, 4.69) is 13.8 Å². The molecule has 2 aromatic carbocycles. The van der Waals surface area contributed by atoms with Crippen molar-refractivity contribution in [3.63, 3.8) is 0 Å². The number of fused-ring (bicyclic) bond motifs is 3. The third-order valence-electron chi connectivity index (χ3n) is 4.96. The number of ether oxygens (including phenoxy) is 1. The van der Waals surface area contributed by atoms with Crippen LogP contribution in [0.2, 0.25) is 0 Å². The number of benzene rings is 2. The molecule has 3 nitrogen and oxygen atoms in total. The van der Waals surface area contributed by atoms with Crippen molar-refractivity contribution in [2.24, 2.45) is 0 Å². The molecule has 1 aromatic heterocycles. The smallest absolute Gasteiger partial charge is 0.259 e. The third kappa shape index (κ3) is 2.83. The molecular weight excluding hydrogens is 394 g/mol. The average Bonchev–Trinajstić information content (AvgIpc) is 3.04. The van der Waals surface area contributed by atoms with E-state index in [4.69, 9.17) is 17.0 Å². The van der Waals surface area contributed by atoms with Crippen molar-refractivity contribution < 1.29 is 9.53 Å². The number of carbonyl (C=O) groups is 1. The Morgan fingerprint density at radius 2 is 1.81 bits per heavy atom. The zero-order valence-corrected chi connectivity index (χ0v) is 18.0. The SMILES string of the molecule is COc1ccc2c(c1)N(C(=O)c1ccc(C)cc1)C(C)(C)c1ssc(=S)c1-2. The number of hydrogen-bond donors (Lipinski definition) is 0. The quantitative estimate of drug-likeness (QED) is 0.359. The minimum atomic E-state index is -0.505. The van der Waals surface area contributed by atoms with Gasteiger partial charge in [0.15, 0.2) is 0 Å². The maximum absolute atomic E-state index is 13.6. The Hall–Kier alpha value is -2.02. The second-order valence-corrected chi connectivity index (χ2v) is 9.92. The minimum Gasteiger partial charge on any atom is -0.497 e. The van der Waals surface area contributed by atoms with Crippen molar-refractivity contribution in [3.05, 3.63) is 62.3 Å². The number of nitrogens with zero attached hydrogens (tertiary/aromatic N) is 1. The molecule has 0 radical (unpaired) electrons. The molecule has 0 fully saturated rings. The largest absolute Gasteiger partial charge is 0.497 e. The molecule has 0 bridgehead atoms. The topological polar surface area (TPSA) is 29.5 Å². The van der Waals surface area contributed by atoms with Gasteiger partial charge in [0.25, 0.3) is 5.91 Å². The van der Waals surface area contributed by atoms with E-state index in [1.807, 2.05) is 54.3 Å². The monoisotopic (exact) mass is 413 g/mol. The summed E-state index contributed by atoms with van der Waals surface area (Å²) in [6, 6.07) is 13.6. The highest BCUT2D eigenvalue weighted by Gasteiger charge is 2.43. The van der Waals surface area contributed by atoms with Gasteiger partial charge in [0, 0.05) is 22.8 Å². The van der Waals surface area contributed by atoms with Crippen molar-refractivity contribution in [1.82, 2.24) is 0 Å². The summed E-state index contributed by atoms with van der Waals surface area (Å²) in [5.41, 5.74) is 4.21. The van der Waals surface area contributed by atoms with Gasteiger partial charge < -0.3 is 4.74 Å². The van der Waals surface area contributed by atoms with Gasteiger partial charge >= 0.3 is 0 Å². The fourth-order valence-electron chi connectivity index (χ4n) is 3.52. The van der Waals surface area contributed by atoms with Gasteiger partial charge in [-0.3, -0.25) is 9.69 Å². The van der Waals surface area contributed by atoms with Crippen LogP contribution in [-0.2, 0) is 5.54 Å². The number of anilines is 1. The highest BCUT2D eigenvalue weighted by molar-refractivity contribution is 7.80. The lowest BCUT2D eigenvalue weighted by Crippen LogP contribution is -2.47. The molecule has 6 heteroatoms. The number of methoxy groups -OCH3 is 1. The molecule has 0 atom stereocenters. The van der Waals surface area contributed by atoms with Gasteiger partial charge in [0.2, 0.25) is 0 Å². The zero-order valence-electron chi connectivity index (χ0n) is 15.5. The fraction of sp³-hybridized carbons (Fsp3) is 0.238. The van der Waals surface area contributed by atoms with Gasteiger partial charge in [0.05, 0.1) is 23.2 Å². The molecule has 3 aromatic rings. The lowest BCUT2D eigenvalue weighted by molar-refractivity contribution is 0.0961. The predicted molar refractivity (Wildman–Crippen MR) is 116 cm³/mol. The van der Waals surface area contributed by atoms with E-state index >= 15 is 0 Å². The first-order valence-corrected chi connectivity index (χ1v) is 11.1. The molecule has 0 spiro atoms. The molecule has 4 rings (SSSR count). The molecule has 1 aliphatic heterocycles. The first kappa shape index (κ1) is 18.3. The van der Waals surface area contributed by atoms with Crippen molar-refractivity contribution in [1.29, 1.82) is 0 Å². The van der Waals surface area contributed by atoms with Gasteiger partial charge in [-0.15, -0.1) is 0 Å². The Balaban J connectivity index is 1.97. The van der Waals surface area contributed by atoms with Crippen molar-refractivity contribution in [2.75, 3.05) is 12.0 Å². The number of aryl methyl sites for hydroxylation is 1. The molecule has 0 saturated heterocycles. The highest BCUT2D eigenvalue weighted by atomic mass is 32.9. The first-order valence-electron chi connectivity index (χ1n) is 8.58. The van der Waals surface area contributed by atoms with Crippen molar-refractivity contribution in [3.8, 4) is 16.9 Å². The van der Waals surface area contributed by atoms with Crippen LogP contribution in [0, 0.1) is 10.7 Å². The van der Waals surface area contributed by atoms with Crippen LogP contribution in [0.25, 0.3) is 11.1 Å². The summed E-state index contributed by atoms with van der Waals surface area (Å²) in [6.45, 7) is 6.18. The Bertz CT molecular complexity index is 1090. The molecule has 1 amide bonds. The van der Waals surface area contributed by atoms with E-state index in [0.717, 1.165) is 36.8 Å². The van der Waals surface area contributed by atoms with E-state index in [9.17, 15) is 4.79 Å². The third-order valence-corrected chi connectivity index (χ3v) is 8.29. The molecule has 0 aliphatic carbocycles. The number of carbonyl (C=O) groups excluding carboxylic acids is 1. The zero-order chi connectivity index (χ0) is 19.3. The van der Waals surface area contributed by atoms with E-state index in [0.29, 0.717) is 5.56 Å². The standard InChI is InChI=1S/C21H19NO2S3/c1-12-5-7-13(8-6-12)19(23)22-16-11-14(24-4)9-10-15(16)17-18(21(22,2)3)26-27-20(17)25/h5-11H,1-4H3. The summed E-state index contributed by atoms with van der Waals surface area (Å²) in [5, 5.41) is 0. The molecule has 2 heterocycles. The van der Waals surface area contributed by atoms with Crippen molar-refractivity contribution >= 4 is 44.5 Å². The highest BCUT2D eigenvalue weighted by Crippen LogP contribution is 2.53. The van der Waals surface area contributed by atoms with Crippen LogP contribution in [-0.4, -0.2) is 13.0 Å². The lowest BCUT2D eigenvalue weighted by atomic mass is 9.86. The molecule has 0 saturated carbocycles. The molecule has 0 unspecified atom stereocenters. The summed E-state index contributed by atoms with van der Waals surface area (Å²) < 4.78 is 6.31.